The van der Waals surface area contributed by atoms with Crippen LogP contribution in [0, 0.1) is 6.92 Å². The Morgan fingerprint density at radius 2 is 1.74 bits per heavy atom. The first kappa shape index (κ1) is 21.9. The standard InChI is InChI=1S/C25H20F3N3O3/c1-14-21(22(31-33-14)15-7-3-2-4-8-15)24(32)29-18-12-16(11-17(13-18)25(26,27)28)23-19-9-5-6-10-20(19)30-34-23/h2-4,7-8,11-13H,5-6,9-10H2,1H3,(H,29,32). The number of amides is 1. The zero-order valence-corrected chi connectivity index (χ0v) is 18.2. The van der Waals surface area contributed by atoms with Gasteiger partial charge >= 0.3 is 6.18 Å². The number of aryl methyl sites for hydroxylation is 2. The van der Waals surface area contributed by atoms with Crippen molar-refractivity contribution in [1.82, 2.24) is 10.3 Å². The van der Waals surface area contributed by atoms with E-state index in [0.717, 1.165) is 42.7 Å². The van der Waals surface area contributed by atoms with Gasteiger partial charge in [0, 0.05) is 22.4 Å². The van der Waals surface area contributed by atoms with Gasteiger partial charge in [-0.15, -0.1) is 0 Å². The summed E-state index contributed by atoms with van der Waals surface area (Å²) in [7, 11) is 0. The molecule has 6 nitrogen and oxygen atoms in total. The van der Waals surface area contributed by atoms with Crippen molar-refractivity contribution in [3.63, 3.8) is 0 Å². The zero-order chi connectivity index (χ0) is 23.9. The number of alkyl halides is 3. The minimum absolute atomic E-state index is 0.0182. The van der Waals surface area contributed by atoms with Crippen LogP contribution < -0.4 is 5.32 Å². The van der Waals surface area contributed by atoms with Crippen molar-refractivity contribution in [2.45, 2.75) is 38.8 Å². The number of anilines is 1. The molecule has 1 aliphatic carbocycles. The van der Waals surface area contributed by atoms with Gasteiger partial charge in [-0.2, -0.15) is 13.2 Å². The molecule has 0 fully saturated rings. The Bertz CT molecular complexity index is 1360. The summed E-state index contributed by atoms with van der Waals surface area (Å²) in [5.41, 5.74) is 2.02. The molecule has 9 heteroatoms. The Kier molecular flexibility index (Phi) is 5.47. The van der Waals surface area contributed by atoms with Crippen LogP contribution in [0.1, 0.15) is 45.8 Å². The Labute approximate surface area is 192 Å². The maximum absolute atomic E-state index is 13.7. The van der Waals surface area contributed by atoms with Crippen molar-refractivity contribution in [3.8, 4) is 22.6 Å². The van der Waals surface area contributed by atoms with Crippen LogP contribution in [0.5, 0.6) is 0 Å². The smallest absolute Gasteiger partial charge is 0.360 e. The van der Waals surface area contributed by atoms with E-state index in [2.05, 4.69) is 15.6 Å². The molecule has 2 aromatic heterocycles. The van der Waals surface area contributed by atoms with Gasteiger partial charge in [0.05, 0.1) is 11.3 Å². The summed E-state index contributed by atoms with van der Waals surface area (Å²) in [6.07, 6.45) is -1.32. The zero-order valence-electron chi connectivity index (χ0n) is 18.2. The average Bonchev–Trinajstić information content (AvgIpc) is 3.42. The Morgan fingerprint density at radius 3 is 2.50 bits per heavy atom. The minimum Gasteiger partial charge on any atom is -0.360 e. The minimum atomic E-state index is -4.61. The summed E-state index contributed by atoms with van der Waals surface area (Å²) in [5.74, 6) is -0.0576. The van der Waals surface area contributed by atoms with Crippen molar-refractivity contribution < 1.29 is 27.0 Å². The summed E-state index contributed by atoms with van der Waals surface area (Å²) in [6, 6.07) is 12.3. The number of benzene rings is 2. The molecule has 0 saturated heterocycles. The van der Waals surface area contributed by atoms with Crippen LogP contribution in [0.15, 0.2) is 57.6 Å². The highest BCUT2D eigenvalue weighted by molar-refractivity contribution is 6.09. The number of nitrogens with zero attached hydrogens (tertiary/aromatic N) is 2. The van der Waals surface area contributed by atoms with Crippen LogP contribution in [0.3, 0.4) is 0 Å². The highest BCUT2D eigenvalue weighted by Crippen LogP contribution is 2.38. The lowest BCUT2D eigenvalue weighted by atomic mass is 9.93. The number of carbonyl (C=O) groups is 1. The maximum Gasteiger partial charge on any atom is 0.416 e. The Morgan fingerprint density at radius 1 is 0.971 bits per heavy atom. The molecule has 4 aromatic rings. The van der Waals surface area contributed by atoms with Crippen molar-refractivity contribution in [2.75, 3.05) is 5.32 Å². The number of rotatable bonds is 4. The summed E-state index contributed by atoms with van der Waals surface area (Å²) >= 11 is 0. The lowest BCUT2D eigenvalue weighted by Gasteiger charge is -2.14. The molecular weight excluding hydrogens is 447 g/mol. The second kappa shape index (κ2) is 8.48. The first-order valence-corrected chi connectivity index (χ1v) is 10.8. The SMILES string of the molecule is Cc1onc(-c2ccccc2)c1C(=O)Nc1cc(-c2onc3c2CCCC3)cc(C(F)(F)F)c1. The third kappa shape index (κ3) is 4.09. The molecule has 1 N–H and O–H groups in total. The Balaban J connectivity index is 1.54. The number of carbonyl (C=O) groups excluding carboxylic acids is 1. The first-order valence-electron chi connectivity index (χ1n) is 10.8. The molecule has 0 spiro atoms. The van der Waals surface area contributed by atoms with Crippen molar-refractivity contribution >= 4 is 11.6 Å². The van der Waals surface area contributed by atoms with Gasteiger partial charge in [0.2, 0.25) is 0 Å². The topological polar surface area (TPSA) is 81.2 Å². The van der Waals surface area contributed by atoms with E-state index in [1.165, 1.54) is 6.07 Å². The summed E-state index contributed by atoms with van der Waals surface area (Å²) in [4.78, 5) is 13.2. The van der Waals surface area contributed by atoms with Crippen LogP contribution in [-0.4, -0.2) is 16.2 Å². The number of fused-ring (bicyclic) bond motifs is 1. The largest absolute Gasteiger partial charge is 0.416 e. The molecule has 1 amide bonds. The summed E-state index contributed by atoms with van der Waals surface area (Å²) in [5, 5.41) is 10.6. The van der Waals surface area contributed by atoms with Crippen LogP contribution in [-0.2, 0) is 19.0 Å². The van der Waals surface area contributed by atoms with Crippen LogP contribution in [0.25, 0.3) is 22.6 Å². The lowest BCUT2D eigenvalue weighted by molar-refractivity contribution is -0.137. The van der Waals surface area contributed by atoms with Gasteiger partial charge in [0.15, 0.2) is 5.76 Å². The third-order valence-corrected chi connectivity index (χ3v) is 5.88. The molecule has 0 radical (unpaired) electrons. The molecule has 34 heavy (non-hydrogen) atoms. The second-order valence-electron chi connectivity index (χ2n) is 8.22. The van der Waals surface area contributed by atoms with Crippen molar-refractivity contribution in [1.29, 1.82) is 0 Å². The second-order valence-corrected chi connectivity index (χ2v) is 8.22. The Hall–Kier alpha value is -3.88. The van der Waals surface area contributed by atoms with Crippen molar-refractivity contribution in [3.05, 3.63) is 76.7 Å². The fourth-order valence-electron chi connectivity index (χ4n) is 4.24. The lowest BCUT2D eigenvalue weighted by Crippen LogP contribution is -2.15. The maximum atomic E-state index is 13.7. The average molecular weight is 467 g/mol. The molecule has 0 bridgehead atoms. The van der Waals surface area contributed by atoms with Crippen LogP contribution in [0.4, 0.5) is 18.9 Å². The molecule has 2 heterocycles. The molecule has 0 saturated carbocycles. The molecule has 5 rings (SSSR count). The molecule has 0 aliphatic heterocycles. The fourth-order valence-corrected chi connectivity index (χ4v) is 4.24. The van der Waals surface area contributed by atoms with E-state index in [0.29, 0.717) is 23.4 Å². The number of halogens is 3. The van der Waals surface area contributed by atoms with E-state index in [-0.39, 0.29) is 22.6 Å². The highest BCUT2D eigenvalue weighted by atomic mass is 19.4. The van der Waals surface area contributed by atoms with E-state index >= 15 is 0 Å². The van der Waals surface area contributed by atoms with E-state index in [4.69, 9.17) is 9.05 Å². The van der Waals surface area contributed by atoms with Crippen molar-refractivity contribution in [2.24, 2.45) is 0 Å². The van der Waals surface area contributed by atoms with E-state index in [9.17, 15) is 18.0 Å². The number of hydrogen-bond donors (Lipinski definition) is 1. The highest BCUT2D eigenvalue weighted by Gasteiger charge is 2.33. The van der Waals surface area contributed by atoms with Gasteiger partial charge in [-0.3, -0.25) is 4.79 Å². The monoisotopic (exact) mass is 467 g/mol. The number of hydrogen-bond acceptors (Lipinski definition) is 5. The van der Waals surface area contributed by atoms with Gasteiger partial charge < -0.3 is 14.4 Å². The molecule has 1 aliphatic rings. The predicted molar refractivity (Wildman–Crippen MR) is 118 cm³/mol. The third-order valence-electron chi connectivity index (χ3n) is 5.88. The van der Waals surface area contributed by atoms with Gasteiger partial charge in [-0.1, -0.05) is 40.6 Å². The van der Waals surface area contributed by atoms with Gasteiger partial charge in [-0.25, -0.2) is 0 Å². The molecule has 2 aromatic carbocycles. The van der Waals surface area contributed by atoms with E-state index in [1.807, 2.05) is 6.07 Å². The van der Waals surface area contributed by atoms with Gasteiger partial charge in [0.25, 0.3) is 5.91 Å². The number of nitrogens with one attached hydrogen (secondary N) is 1. The molecule has 174 valence electrons. The van der Waals surface area contributed by atoms with Crippen LogP contribution >= 0.6 is 0 Å². The first-order chi connectivity index (χ1) is 16.3. The van der Waals surface area contributed by atoms with Crippen LogP contribution in [0.2, 0.25) is 0 Å². The van der Waals surface area contributed by atoms with Gasteiger partial charge in [-0.05, 0) is 50.8 Å². The summed E-state index contributed by atoms with van der Waals surface area (Å²) < 4.78 is 51.8. The molecular formula is C25H20F3N3O3. The van der Waals surface area contributed by atoms with E-state index in [1.54, 1.807) is 31.2 Å². The van der Waals surface area contributed by atoms with Gasteiger partial charge in [0.1, 0.15) is 17.0 Å². The quantitative estimate of drug-likeness (QED) is 0.373. The van der Waals surface area contributed by atoms with E-state index < -0.39 is 17.6 Å². The molecule has 0 atom stereocenters. The fraction of sp³-hybridized carbons (Fsp3) is 0.240. The molecule has 0 unspecified atom stereocenters. The number of aromatic nitrogens is 2. The summed E-state index contributed by atoms with van der Waals surface area (Å²) in [6.45, 7) is 1.58. The normalized spacial score (nSPS) is 13.5. The predicted octanol–water partition coefficient (Wildman–Crippen LogP) is 6.45.